The number of nitrogens with zero attached hydrogens (tertiary/aromatic N) is 2. The Morgan fingerprint density at radius 1 is 1.47 bits per heavy atom. The van der Waals surface area contributed by atoms with Gasteiger partial charge in [-0.1, -0.05) is 12.1 Å². The van der Waals surface area contributed by atoms with Crippen molar-refractivity contribution >= 4 is 17.0 Å². The van der Waals surface area contributed by atoms with E-state index in [1.807, 2.05) is 36.2 Å². The number of fused-ring (bicyclic) bond motifs is 1. The average molecular weight is 233 g/mol. The minimum atomic E-state index is -0.776. The largest absolute Gasteiger partial charge is 0.481 e. The molecule has 2 N–H and O–H groups in total. The molecule has 1 aromatic heterocycles. The molecular formula is C12H15N3O2. The van der Waals surface area contributed by atoms with Crippen LogP contribution in [-0.2, 0) is 11.3 Å². The third-order valence-corrected chi connectivity index (χ3v) is 2.57. The number of hydrogen-bond acceptors (Lipinski definition) is 3. The molecule has 2 aromatic rings. The molecule has 0 spiro atoms. The molecule has 17 heavy (non-hydrogen) atoms. The summed E-state index contributed by atoms with van der Waals surface area (Å²) in [6.07, 6.45) is 0.150. The van der Waals surface area contributed by atoms with Crippen molar-refractivity contribution in [1.29, 1.82) is 0 Å². The number of aromatic amines is 1. The van der Waals surface area contributed by atoms with E-state index >= 15 is 0 Å². The van der Waals surface area contributed by atoms with Gasteiger partial charge >= 0.3 is 5.97 Å². The van der Waals surface area contributed by atoms with E-state index in [1.54, 1.807) is 0 Å². The number of rotatable bonds is 5. The molecule has 0 aliphatic rings. The highest BCUT2D eigenvalue weighted by Gasteiger charge is 2.06. The summed E-state index contributed by atoms with van der Waals surface area (Å²) in [4.78, 5) is 20.0. The summed E-state index contributed by atoms with van der Waals surface area (Å²) >= 11 is 0. The predicted molar refractivity (Wildman–Crippen MR) is 64.7 cm³/mol. The molecule has 1 aromatic carbocycles. The van der Waals surface area contributed by atoms with Gasteiger partial charge in [0.25, 0.3) is 0 Å². The zero-order valence-corrected chi connectivity index (χ0v) is 9.68. The summed E-state index contributed by atoms with van der Waals surface area (Å²) in [5, 5.41) is 8.59. The number of carbonyl (C=O) groups is 1. The van der Waals surface area contributed by atoms with Crippen LogP contribution in [0.2, 0.25) is 0 Å². The highest BCUT2D eigenvalue weighted by atomic mass is 16.4. The molecule has 0 bridgehead atoms. The van der Waals surface area contributed by atoms with Crippen LogP contribution in [0.1, 0.15) is 12.2 Å². The molecule has 2 rings (SSSR count). The van der Waals surface area contributed by atoms with Crippen molar-refractivity contribution in [1.82, 2.24) is 14.9 Å². The van der Waals surface area contributed by atoms with Crippen molar-refractivity contribution < 1.29 is 9.90 Å². The zero-order chi connectivity index (χ0) is 12.3. The molecule has 0 saturated heterocycles. The molecule has 0 amide bonds. The lowest BCUT2D eigenvalue weighted by molar-refractivity contribution is -0.137. The van der Waals surface area contributed by atoms with E-state index in [0.29, 0.717) is 13.1 Å². The standard InChI is InChI=1S/C12H15N3O2/c1-15(7-6-12(16)17)8-11-13-9-4-2-3-5-10(9)14-11/h2-5H,6-8H2,1H3,(H,13,14)(H,16,17). The van der Waals surface area contributed by atoms with Gasteiger partial charge in [-0.15, -0.1) is 0 Å². The molecule has 0 fully saturated rings. The first-order valence-electron chi connectivity index (χ1n) is 5.49. The third kappa shape index (κ3) is 3.04. The lowest BCUT2D eigenvalue weighted by Gasteiger charge is -2.12. The quantitative estimate of drug-likeness (QED) is 0.820. The van der Waals surface area contributed by atoms with Gasteiger partial charge in [-0.05, 0) is 19.2 Å². The predicted octanol–water partition coefficient (Wildman–Crippen LogP) is 1.47. The topological polar surface area (TPSA) is 69.2 Å². The summed E-state index contributed by atoms with van der Waals surface area (Å²) in [5.74, 6) is 0.0838. The maximum atomic E-state index is 10.4. The SMILES string of the molecule is CN(CCC(=O)O)Cc1nc2ccccc2[nH]1. The molecule has 0 saturated carbocycles. The second kappa shape index (κ2) is 4.97. The van der Waals surface area contributed by atoms with Gasteiger partial charge in [0.15, 0.2) is 0 Å². The van der Waals surface area contributed by atoms with Crippen molar-refractivity contribution in [3.63, 3.8) is 0 Å². The van der Waals surface area contributed by atoms with Crippen LogP contribution in [0, 0.1) is 0 Å². The number of H-pyrrole nitrogens is 1. The number of imidazole rings is 1. The fourth-order valence-electron chi connectivity index (χ4n) is 1.70. The van der Waals surface area contributed by atoms with Gasteiger partial charge in [-0.3, -0.25) is 9.69 Å². The number of aromatic nitrogens is 2. The van der Waals surface area contributed by atoms with E-state index < -0.39 is 5.97 Å². The van der Waals surface area contributed by atoms with Crippen molar-refractivity contribution in [3.05, 3.63) is 30.1 Å². The van der Waals surface area contributed by atoms with Crippen molar-refractivity contribution in [2.24, 2.45) is 0 Å². The molecule has 90 valence electrons. The smallest absolute Gasteiger partial charge is 0.304 e. The molecule has 0 atom stereocenters. The normalized spacial score (nSPS) is 11.2. The Morgan fingerprint density at radius 2 is 2.24 bits per heavy atom. The average Bonchev–Trinajstić information content (AvgIpc) is 2.68. The molecule has 5 heteroatoms. The van der Waals surface area contributed by atoms with Crippen LogP contribution in [0.15, 0.2) is 24.3 Å². The van der Waals surface area contributed by atoms with Crippen LogP contribution < -0.4 is 0 Å². The highest BCUT2D eigenvalue weighted by Crippen LogP contribution is 2.11. The fourth-order valence-corrected chi connectivity index (χ4v) is 1.70. The van der Waals surface area contributed by atoms with E-state index in [0.717, 1.165) is 16.9 Å². The summed E-state index contributed by atoms with van der Waals surface area (Å²) in [5.41, 5.74) is 1.95. The minimum Gasteiger partial charge on any atom is -0.481 e. The van der Waals surface area contributed by atoms with Gasteiger partial charge in [0.2, 0.25) is 0 Å². The number of hydrogen-bond donors (Lipinski definition) is 2. The van der Waals surface area contributed by atoms with E-state index in [4.69, 9.17) is 5.11 Å². The molecule has 1 heterocycles. The monoisotopic (exact) mass is 233 g/mol. The Bertz CT molecular complexity index is 488. The molecule has 5 nitrogen and oxygen atoms in total. The maximum absolute atomic E-state index is 10.4. The Morgan fingerprint density at radius 3 is 2.94 bits per heavy atom. The first-order valence-corrected chi connectivity index (χ1v) is 5.49. The van der Waals surface area contributed by atoms with Gasteiger partial charge in [0.05, 0.1) is 24.0 Å². The lowest BCUT2D eigenvalue weighted by atomic mass is 10.3. The molecule has 0 unspecified atom stereocenters. The summed E-state index contributed by atoms with van der Waals surface area (Å²) in [6, 6.07) is 7.83. The van der Waals surface area contributed by atoms with Gasteiger partial charge in [-0.2, -0.15) is 0 Å². The summed E-state index contributed by atoms with van der Waals surface area (Å²) < 4.78 is 0. The van der Waals surface area contributed by atoms with Crippen LogP contribution in [0.5, 0.6) is 0 Å². The van der Waals surface area contributed by atoms with Crippen LogP contribution in [-0.4, -0.2) is 39.5 Å². The first kappa shape index (κ1) is 11.6. The van der Waals surface area contributed by atoms with Crippen molar-refractivity contribution in [2.45, 2.75) is 13.0 Å². The van der Waals surface area contributed by atoms with Crippen LogP contribution in [0.4, 0.5) is 0 Å². The van der Waals surface area contributed by atoms with Gasteiger partial charge < -0.3 is 10.1 Å². The van der Waals surface area contributed by atoms with Crippen molar-refractivity contribution in [3.8, 4) is 0 Å². The van der Waals surface area contributed by atoms with E-state index in [-0.39, 0.29) is 6.42 Å². The van der Waals surface area contributed by atoms with E-state index in [9.17, 15) is 4.79 Å². The second-order valence-corrected chi connectivity index (χ2v) is 4.08. The second-order valence-electron chi connectivity index (χ2n) is 4.08. The van der Waals surface area contributed by atoms with Crippen LogP contribution in [0.3, 0.4) is 0 Å². The van der Waals surface area contributed by atoms with Crippen molar-refractivity contribution in [2.75, 3.05) is 13.6 Å². The van der Waals surface area contributed by atoms with E-state index in [2.05, 4.69) is 9.97 Å². The molecule has 0 radical (unpaired) electrons. The number of aliphatic carboxylic acids is 1. The van der Waals surface area contributed by atoms with E-state index in [1.165, 1.54) is 0 Å². The first-order chi connectivity index (χ1) is 8.15. The Balaban J connectivity index is 2.00. The van der Waals surface area contributed by atoms with Gasteiger partial charge in [0.1, 0.15) is 5.82 Å². The summed E-state index contributed by atoms with van der Waals surface area (Å²) in [6.45, 7) is 1.15. The number of carboxylic acid groups (broad SMARTS) is 1. The molecule has 0 aliphatic carbocycles. The molecule has 0 aliphatic heterocycles. The third-order valence-electron chi connectivity index (χ3n) is 2.57. The Hall–Kier alpha value is -1.88. The Labute approximate surface area is 99.1 Å². The van der Waals surface area contributed by atoms with Crippen LogP contribution >= 0.6 is 0 Å². The minimum absolute atomic E-state index is 0.150. The van der Waals surface area contributed by atoms with Crippen LogP contribution in [0.25, 0.3) is 11.0 Å². The Kier molecular flexibility index (Phi) is 3.39. The fraction of sp³-hybridized carbons (Fsp3) is 0.333. The van der Waals surface area contributed by atoms with Gasteiger partial charge in [0, 0.05) is 6.54 Å². The van der Waals surface area contributed by atoms with Gasteiger partial charge in [-0.25, -0.2) is 4.98 Å². The lowest BCUT2D eigenvalue weighted by Crippen LogP contribution is -2.21. The number of nitrogens with one attached hydrogen (secondary N) is 1. The highest BCUT2D eigenvalue weighted by molar-refractivity contribution is 5.74. The zero-order valence-electron chi connectivity index (χ0n) is 9.68. The number of para-hydroxylation sites is 2. The number of benzene rings is 1. The maximum Gasteiger partial charge on any atom is 0.304 e. The molecular weight excluding hydrogens is 218 g/mol. The summed E-state index contributed by atoms with van der Waals surface area (Å²) in [7, 11) is 1.89. The number of carboxylic acids is 1.